The van der Waals surface area contributed by atoms with E-state index in [1.807, 2.05) is 6.92 Å². The Bertz CT molecular complexity index is 235. The molecule has 0 fully saturated rings. The Balaban J connectivity index is 3.75. The van der Waals surface area contributed by atoms with Crippen LogP contribution < -0.4 is 9.79 Å². The van der Waals surface area contributed by atoms with Gasteiger partial charge < -0.3 is 19.1 Å². The van der Waals surface area contributed by atoms with Crippen LogP contribution in [-0.2, 0) is 14.1 Å². The maximum atomic E-state index is 11.2. The zero-order valence-corrected chi connectivity index (χ0v) is 10.00. The van der Waals surface area contributed by atoms with Crippen molar-refractivity contribution in [3.8, 4) is 0 Å². The topological polar surface area (TPSA) is 89.5 Å². The van der Waals surface area contributed by atoms with Crippen LogP contribution in [0.15, 0.2) is 0 Å². The molecule has 6 heteroatoms. The fourth-order valence-electron chi connectivity index (χ4n) is 0.946. The van der Waals surface area contributed by atoms with Gasteiger partial charge in [-0.3, -0.25) is 4.79 Å². The molecule has 1 unspecified atom stereocenters. The summed E-state index contributed by atoms with van der Waals surface area (Å²) >= 11 is 0. The van der Waals surface area contributed by atoms with E-state index in [0.717, 1.165) is 12.8 Å². The van der Waals surface area contributed by atoms with Crippen LogP contribution in [0.4, 0.5) is 0 Å². The molecule has 0 bridgehead atoms. The van der Waals surface area contributed by atoms with Gasteiger partial charge in [-0.05, 0) is 6.42 Å². The quantitative estimate of drug-likeness (QED) is 0.434. The first-order valence-electron chi connectivity index (χ1n) is 4.98. The minimum absolute atomic E-state index is 0.179. The first kappa shape index (κ1) is 14.8. The van der Waals surface area contributed by atoms with Gasteiger partial charge in [0.15, 0.2) is 0 Å². The molecule has 0 aliphatic heterocycles. The summed E-state index contributed by atoms with van der Waals surface area (Å²) in [5.74, 6) is -1.10. The van der Waals surface area contributed by atoms with E-state index < -0.39 is 25.5 Å². The van der Waals surface area contributed by atoms with Crippen molar-refractivity contribution in [3.05, 3.63) is 0 Å². The average molecular weight is 236 g/mol. The lowest BCUT2D eigenvalue weighted by Gasteiger charge is -2.29. The lowest BCUT2D eigenvalue weighted by molar-refractivity contribution is -0.312. The number of hydrogen-bond acceptors (Lipinski definition) is 5. The minimum atomic E-state index is -4.73. The van der Waals surface area contributed by atoms with Gasteiger partial charge in [-0.25, -0.2) is 0 Å². The smallest absolute Gasteiger partial charge is 0.142 e. The zero-order valence-electron chi connectivity index (χ0n) is 9.10. The van der Waals surface area contributed by atoms with Gasteiger partial charge in [0.05, 0.1) is 6.61 Å². The Morgan fingerprint density at radius 1 is 1.47 bits per heavy atom. The van der Waals surface area contributed by atoms with Gasteiger partial charge in [-0.1, -0.05) is 27.9 Å². The SMILES string of the molecule is CCCCOCC(C)C(=O)CP(=O)([O-])[O-]. The molecule has 0 aromatic rings. The summed E-state index contributed by atoms with van der Waals surface area (Å²) in [6.45, 7) is 4.31. The van der Waals surface area contributed by atoms with E-state index in [-0.39, 0.29) is 6.61 Å². The highest BCUT2D eigenvalue weighted by Gasteiger charge is 2.13. The van der Waals surface area contributed by atoms with Gasteiger partial charge in [0.1, 0.15) is 5.78 Å². The number of carbonyl (C=O) groups excluding carboxylic acids is 1. The fraction of sp³-hybridized carbons (Fsp3) is 0.889. The monoisotopic (exact) mass is 236 g/mol. The molecular weight excluding hydrogens is 219 g/mol. The van der Waals surface area contributed by atoms with Crippen molar-refractivity contribution in [1.29, 1.82) is 0 Å². The first-order chi connectivity index (χ1) is 6.87. The molecule has 0 radical (unpaired) electrons. The third-order valence-corrected chi connectivity index (χ3v) is 2.61. The highest BCUT2D eigenvalue weighted by atomic mass is 31.2. The van der Waals surface area contributed by atoms with Crippen molar-refractivity contribution in [1.82, 2.24) is 0 Å². The fourth-order valence-corrected chi connectivity index (χ4v) is 1.64. The molecule has 0 saturated heterocycles. The van der Waals surface area contributed by atoms with E-state index >= 15 is 0 Å². The van der Waals surface area contributed by atoms with Crippen LogP contribution in [0.1, 0.15) is 26.7 Å². The molecule has 0 spiro atoms. The number of unbranched alkanes of at least 4 members (excludes halogenated alkanes) is 1. The largest absolute Gasteiger partial charge is 0.810 e. The van der Waals surface area contributed by atoms with Crippen molar-refractivity contribution >= 4 is 13.4 Å². The minimum Gasteiger partial charge on any atom is -0.810 e. The molecule has 0 aliphatic rings. The molecule has 90 valence electrons. The highest BCUT2D eigenvalue weighted by molar-refractivity contribution is 7.49. The second kappa shape index (κ2) is 7.12. The Morgan fingerprint density at radius 2 is 2.07 bits per heavy atom. The molecule has 0 aromatic carbocycles. The van der Waals surface area contributed by atoms with E-state index in [1.165, 1.54) is 0 Å². The second-order valence-electron chi connectivity index (χ2n) is 3.56. The number of hydrogen-bond donors (Lipinski definition) is 0. The molecule has 0 aliphatic carbocycles. The van der Waals surface area contributed by atoms with Crippen LogP contribution in [0, 0.1) is 5.92 Å². The number of ketones is 1. The number of Topliss-reactive ketones (excluding diaryl/α,β-unsaturated/α-hetero) is 1. The normalized spacial score (nSPS) is 13.9. The van der Waals surface area contributed by atoms with Gasteiger partial charge in [-0.2, -0.15) is 0 Å². The van der Waals surface area contributed by atoms with Crippen molar-refractivity contribution < 1.29 is 23.9 Å². The van der Waals surface area contributed by atoms with Gasteiger partial charge in [0.2, 0.25) is 0 Å². The molecule has 0 aromatic heterocycles. The van der Waals surface area contributed by atoms with Crippen LogP contribution in [0.3, 0.4) is 0 Å². The van der Waals surface area contributed by atoms with Crippen molar-refractivity contribution in [2.75, 3.05) is 19.4 Å². The van der Waals surface area contributed by atoms with E-state index in [2.05, 4.69) is 0 Å². The van der Waals surface area contributed by atoms with Crippen LogP contribution in [-0.4, -0.2) is 25.2 Å². The molecule has 0 N–H and O–H groups in total. The van der Waals surface area contributed by atoms with Crippen LogP contribution in [0.5, 0.6) is 0 Å². The summed E-state index contributed by atoms with van der Waals surface area (Å²) in [4.78, 5) is 31.8. The first-order valence-corrected chi connectivity index (χ1v) is 6.71. The van der Waals surface area contributed by atoms with Crippen molar-refractivity contribution in [2.45, 2.75) is 26.7 Å². The predicted octanol–water partition coefficient (Wildman–Crippen LogP) is -0.0780. The van der Waals surface area contributed by atoms with Crippen molar-refractivity contribution in [2.24, 2.45) is 5.92 Å². The Morgan fingerprint density at radius 3 is 2.53 bits per heavy atom. The number of ether oxygens (including phenoxy) is 1. The zero-order chi connectivity index (χ0) is 11.9. The lowest BCUT2D eigenvalue weighted by atomic mass is 10.1. The number of carbonyl (C=O) groups is 1. The maximum Gasteiger partial charge on any atom is 0.142 e. The van der Waals surface area contributed by atoms with Gasteiger partial charge in [0.25, 0.3) is 0 Å². The molecule has 0 saturated carbocycles. The van der Waals surface area contributed by atoms with Gasteiger partial charge >= 0.3 is 0 Å². The van der Waals surface area contributed by atoms with E-state index in [1.54, 1.807) is 6.92 Å². The van der Waals surface area contributed by atoms with E-state index in [0.29, 0.717) is 6.61 Å². The number of rotatable bonds is 8. The van der Waals surface area contributed by atoms with Crippen LogP contribution >= 0.6 is 7.60 Å². The summed E-state index contributed by atoms with van der Waals surface area (Å²) in [6.07, 6.45) is 0.993. The molecular formula is C9H17O5P-2. The Hall–Kier alpha value is -0.220. The molecule has 5 nitrogen and oxygen atoms in total. The average Bonchev–Trinajstić information content (AvgIpc) is 2.09. The molecule has 1 atom stereocenters. The van der Waals surface area contributed by atoms with E-state index in [9.17, 15) is 19.1 Å². The standard InChI is InChI=1S/C9H19O5P/c1-3-4-5-14-6-8(2)9(10)7-15(11,12)13/h8H,3-7H2,1-2H3,(H2,11,12,13)/p-2. The van der Waals surface area contributed by atoms with E-state index in [4.69, 9.17) is 4.74 Å². The summed E-state index contributed by atoms with van der Waals surface area (Å²) in [7, 11) is -4.73. The van der Waals surface area contributed by atoms with Crippen molar-refractivity contribution in [3.63, 3.8) is 0 Å². The maximum absolute atomic E-state index is 11.2. The van der Waals surface area contributed by atoms with Crippen LogP contribution in [0.2, 0.25) is 0 Å². The van der Waals surface area contributed by atoms with Gasteiger partial charge in [0, 0.05) is 18.7 Å². The van der Waals surface area contributed by atoms with Gasteiger partial charge in [-0.15, -0.1) is 0 Å². The summed E-state index contributed by atoms with van der Waals surface area (Å²) in [6, 6.07) is 0. The summed E-state index contributed by atoms with van der Waals surface area (Å²) < 4.78 is 15.5. The predicted molar refractivity (Wildman–Crippen MR) is 52.4 cm³/mol. The molecule has 0 rings (SSSR count). The molecule has 15 heavy (non-hydrogen) atoms. The summed E-state index contributed by atoms with van der Waals surface area (Å²) in [5.41, 5.74) is 0. The second-order valence-corrected chi connectivity index (χ2v) is 5.10. The highest BCUT2D eigenvalue weighted by Crippen LogP contribution is 2.23. The summed E-state index contributed by atoms with van der Waals surface area (Å²) in [5, 5.41) is 0. The lowest BCUT2D eigenvalue weighted by Crippen LogP contribution is -2.27. The third-order valence-electron chi connectivity index (χ3n) is 1.91. The Kier molecular flexibility index (Phi) is 7.02. The Labute approximate surface area is 90.0 Å². The third kappa shape index (κ3) is 8.75. The molecule has 0 heterocycles. The van der Waals surface area contributed by atoms with Crippen LogP contribution in [0.25, 0.3) is 0 Å². The molecule has 0 amide bonds.